The Hall–Kier alpha value is -0.0800. The molecule has 2 fully saturated rings. The summed E-state index contributed by atoms with van der Waals surface area (Å²) in [6.45, 7) is 1.64. The molecule has 1 saturated heterocycles. The van der Waals surface area contributed by atoms with Crippen molar-refractivity contribution in [1.82, 2.24) is 0 Å². The molecule has 2 heteroatoms. The van der Waals surface area contributed by atoms with Gasteiger partial charge in [-0.1, -0.05) is 32.1 Å². The molecule has 1 aliphatic heterocycles. The van der Waals surface area contributed by atoms with Gasteiger partial charge in [-0.15, -0.1) is 0 Å². The lowest BCUT2D eigenvalue weighted by molar-refractivity contribution is 0.0647. The highest BCUT2D eigenvalue weighted by atomic mass is 16.5. The van der Waals surface area contributed by atoms with Gasteiger partial charge in [-0.3, -0.25) is 0 Å². The highest BCUT2D eigenvalue weighted by Gasteiger charge is 2.26. The molecule has 0 amide bonds. The molecule has 1 heterocycles. The van der Waals surface area contributed by atoms with E-state index in [4.69, 9.17) is 4.74 Å². The zero-order valence-corrected chi connectivity index (χ0v) is 8.95. The summed E-state index contributed by atoms with van der Waals surface area (Å²) >= 11 is 0. The first-order valence-corrected chi connectivity index (χ1v) is 6.12. The first kappa shape index (κ1) is 10.4. The first-order valence-electron chi connectivity index (χ1n) is 6.12. The smallest absolute Gasteiger partial charge is 0.0593 e. The molecule has 0 aromatic heterocycles. The first-order chi connectivity index (χ1) is 6.86. The molecule has 0 radical (unpaired) electrons. The average Bonchev–Trinajstić information content (AvgIpc) is 2.72. The lowest BCUT2D eigenvalue weighted by Gasteiger charge is -2.26. The standard InChI is InChI=1S/C12H22O2/c13-12(11-6-7-14-9-11)8-10-4-2-1-3-5-10/h10-13H,1-9H2. The fourth-order valence-corrected chi connectivity index (χ4v) is 2.81. The number of hydrogen-bond donors (Lipinski definition) is 1. The van der Waals surface area contributed by atoms with Crippen LogP contribution in [0, 0.1) is 11.8 Å². The van der Waals surface area contributed by atoms with Crippen molar-refractivity contribution in [3.8, 4) is 0 Å². The van der Waals surface area contributed by atoms with Gasteiger partial charge in [0.05, 0.1) is 12.7 Å². The summed E-state index contributed by atoms with van der Waals surface area (Å²) in [6.07, 6.45) is 8.81. The Balaban J connectivity index is 1.72. The molecule has 14 heavy (non-hydrogen) atoms. The summed E-state index contributed by atoms with van der Waals surface area (Å²) in [5.41, 5.74) is 0. The number of ether oxygens (including phenoxy) is 1. The van der Waals surface area contributed by atoms with Crippen molar-refractivity contribution < 1.29 is 9.84 Å². The topological polar surface area (TPSA) is 29.5 Å². The van der Waals surface area contributed by atoms with Crippen molar-refractivity contribution in [2.24, 2.45) is 11.8 Å². The molecular weight excluding hydrogens is 176 g/mol. The van der Waals surface area contributed by atoms with Gasteiger partial charge in [0.2, 0.25) is 0 Å². The van der Waals surface area contributed by atoms with Crippen molar-refractivity contribution in [3.63, 3.8) is 0 Å². The Morgan fingerprint density at radius 3 is 2.57 bits per heavy atom. The second kappa shape index (κ2) is 5.13. The predicted molar refractivity (Wildman–Crippen MR) is 56.1 cm³/mol. The van der Waals surface area contributed by atoms with Crippen molar-refractivity contribution >= 4 is 0 Å². The molecule has 2 aliphatic rings. The maximum absolute atomic E-state index is 10.0. The van der Waals surface area contributed by atoms with E-state index in [2.05, 4.69) is 0 Å². The predicted octanol–water partition coefficient (Wildman–Crippen LogP) is 2.35. The Labute approximate surface area is 86.6 Å². The van der Waals surface area contributed by atoms with E-state index < -0.39 is 0 Å². The molecule has 2 rings (SSSR count). The Kier molecular flexibility index (Phi) is 3.82. The van der Waals surface area contributed by atoms with Crippen LogP contribution in [0.4, 0.5) is 0 Å². The van der Waals surface area contributed by atoms with Crippen LogP contribution >= 0.6 is 0 Å². The summed E-state index contributed by atoms with van der Waals surface area (Å²) in [4.78, 5) is 0. The van der Waals surface area contributed by atoms with Crippen LogP contribution in [-0.4, -0.2) is 24.4 Å². The average molecular weight is 198 g/mol. The SMILES string of the molecule is OC(CC1CCCCC1)C1CCOC1. The van der Waals surface area contributed by atoms with Gasteiger partial charge in [-0.05, 0) is 18.8 Å². The molecule has 1 N–H and O–H groups in total. The quantitative estimate of drug-likeness (QED) is 0.754. The molecule has 0 spiro atoms. The number of rotatable bonds is 3. The molecule has 82 valence electrons. The summed E-state index contributed by atoms with van der Waals surface area (Å²) in [7, 11) is 0. The lowest BCUT2D eigenvalue weighted by atomic mass is 9.83. The molecule has 2 unspecified atom stereocenters. The van der Waals surface area contributed by atoms with Crippen LogP contribution < -0.4 is 0 Å². The lowest BCUT2D eigenvalue weighted by Crippen LogP contribution is -2.24. The van der Waals surface area contributed by atoms with E-state index in [1.54, 1.807) is 0 Å². The molecule has 2 nitrogen and oxygen atoms in total. The molecule has 0 bridgehead atoms. The van der Waals surface area contributed by atoms with Crippen molar-refractivity contribution in [2.45, 2.75) is 51.0 Å². The van der Waals surface area contributed by atoms with E-state index in [0.717, 1.165) is 32.0 Å². The van der Waals surface area contributed by atoms with Crippen molar-refractivity contribution in [2.75, 3.05) is 13.2 Å². The maximum Gasteiger partial charge on any atom is 0.0593 e. The third-order valence-electron chi connectivity index (χ3n) is 3.81. The third-order valence-corrected chi connectivity index (χ3v) is 3.81. The normalized spacial score (nSPS) is 31.9. The van der Waals surface area contributed by atoms with Crippen LogP contribution in [0.1, 0.15) is 44.9 Å². The molecule has 0 aromatic rings. The van der Waals surface area contributed by atoms with Gasteiger partial charge in [-0.25, -0.2) is 0 Å². The van der Waals surface area contributed by atoms with Gasteiger partial charge >= 0.3 is 0 Å². The monoisotopic (exact) mass is 198 g/mol. The van der Waals surface area contributed by atoms with Crippen LogP contribution in [0.25, 0.3) is 0 Å². The van der Waals surface area contributed by atoms with Gasteiger partial charge in [0.1, 0.15) is 0 Å². The van der Waals surface area contributed by atoms with Crippen LogP contribution in [0.5, 0.6) is 0 Å². The second-order valence-electron chi connectivity index (χ2n) is 4.93. The van der Waals surface area contributed by atoms with Gasteiger partial charge in [0, 0.05) is 12.5 Å². The fourth-order valence-electron chi connectivity index (χ4n) is 2.81. The Bertz CT molecular complexity index is 158. The third kappa shape index (κ3) is 2.71. The minimum atomic E-state index is -0.0967. The van der Waals surface area contributed by atoms with Gasteiger partial charge in [0.15, 0.2) is 0 Å². The van der Waals surface area contributed by atoms with Gasteiger partial charge in [-0.2, -0.15) is 0 Å². The maximum atomic E-state index is 10.0. The number of aliphatic hydroxyl groups is 1. The molecule has 0 aromatic carbocycles. The minimum absolute atomic E-state index is 0.0967. The number of aliphatic hydroxyl groups excluding tert-OH is 1. The fraction of sp³-hybridized carbons (Fsp3) is 1.00. The zero-order valence-electron chi connectivity index (χ0n) is 8.95. The largest absolute Gasteiger partial charge is 0.393 e. The highest BCUT2D eigenvalue weighted by molar-refractivity contribution is 4.77. The summed E-state index contributed by atoms with van der Waals surface area (Å²) in [6, 6.07) is 0. The molecule has 2 atom stereocenters. The van der Waals surface area contributed by atoms with E-state index in [1.165, 1.54) is 32.1 Å². The van der Waals surface area contributed by atoms with Crippen LogP contribution in [0.2, 0.25) is 0 Å². The zero-order chi connectivity index (χ0) is 9.80. The summed E-state index contributed by atoms with van der Waals surface area (Å²) in [5, 5.41) is 10.0. The number of hydrogen-bond acceptors (Lipinski definition) is 2. The van der Waals surface area contributed by atoms with Crippen molar-refractivity contribution in [1.29, 1.82) is 0 Å². The van der Waals surface area contributed by atoms with E-state index in [0.29, 0.717) is 5.92 Å². The van der Waals surface area contributed by atoms with E-state index in [1.807, 2.05) is 0 Å². The van der Waals surface area contributed by atoms with Crippen LogP contribution in [-0.2, 0) is 4.74 Å². The minimum Gasteiger partial charge on any atom is -0.393 e. The van der Waals surface area contributed by atoms with Gasteiger partial charge < -0.3 is 9.84 Å². The van der Waals surface area contributed by atoms with Gasteiger partial charge in [0.25, 0.3) is 0 Å². The summed E-state index contributed by atoms with van der Waals surface area (Å²) in [5.74, 6) is 1.22. The van der Waals surface area contributed by atoms with Crippen LogP contribution in [0.3, 0.4) is 0 Å². The highest BCUT2D eigenvalue weighted by Crippen LogP contribution is 2.30. The van der Waals surface area contributed by atoms with E-state index in [9.17, 15) is 5.11 Å². The Morgan fingerprint density at radius 1 is 1.14 bits per heavy atom. The summed E-state index contributed by atoms with van der Waals surface area (Å²) < 4.78 is 5.31. The second-order valence-corrected chi connectivity index (χ2v) is 4.93. The molecule has 1 saturated carbocycles. The van der Waals surface area contributed by atoms with E-state index in [-0.39, 0.29) is 6.10 Å². The van der Waals surface area contributed by atoms with E-state index >= 15 is 0 Å². The molecular formula is C12H22O2. The van der Waals surface area contributed by atoms with Crippen LogP contribution in [0.15, 0.2) is 0 Å². The Morgan fingerprint density at radius 2 is 1.93 bits per heavy atom. The molecule has 1 aliphatic carbocycles. The van der Waals surface area contributed by atoms with Crippen molar-refractivity contribution in [3.05, 3.63) is 0 Å².